The molecule has 1 aliphatic rings. The summed E-state index contributed by atoms with van der Waals surface area (Å²) in [5.41, 5.74) is 6.64. The van der Waals surface area contributed by atoms with Crippen LogP contribution in [-0.4, -0.2) is 45.2 Å². The van der Waals surface area contributed by atoms with Gasteiger partial charge in [0.25, 0.3) is 0 Å². The van der Waals surface area contributed by atoms with Crippen LogP contribution in [-0.2, 0) is 18.6 Å². The highest BCUT2D eigenvalue weighted by molar-refractivity contribution is 7.52. The van der Waals surface area contributed by atoms with Gasteiger partial charge in [-0.3, -0.25) is 9.32 Å². The van der Waals surface area contributed by atoms with E-state index in [1.165, 1.54) is 32.2 Å². The van der Waals surface area contributed by atoms with Crippen LogP contribution in [0.15, 0.2) is 42.7 Å². The lowest BCUT2D eigenvalue weighted by Crippen LogP contribution is -2.35. The van der Waals surface area contributed by atoms with Crippen LogP contribution in [0.5, 0.6) is 5.75 Å². The Labute approximate surface area is 205 Å². The summed E-state index contributed by atoms with van der Waals surface area (Å²) in [7, 11) is -2.98. The number of hydrogen-bond donors (Lipinski definition) is 2. The normalized spacial score (nSPS) is 20.0. The number of allylic oxidation sites excluding steroid dienone is 1. The Morgan fingerprint density at radius 3 is 2.89 bits per heavy atom. The van der Waals surface area contributed by atoms with Crippen LogP contribution in [0.4, 0.5) is 10.3 Å². The Bertz CT molecular complexity index is 1320. The Morgan fingerprint density at radius 2 is 2.14 bits per heavy atom. The molecule has 3 aromatic rings. The van der Waals surface area contributed by atoms with Crippen LogP contribution in [0, 0.1) is 11.7 Å². The number of nitrogens with one attached hydrogen (secondary N) is 1. The number of imidazole rings is 1. The van der Waals surface area contributed by atoms with Gasteiger partial charge in [-0.15, -0.1) is 0 Å². The maximum atomic E-state index is 14.1. The predicted octanol–water partition coefficient (Wildman–Crippen LogP) is 3.67. The molecule has 2 aromatic heterocycles. The van der Waals surface area contributed by atoms with Crippen LogP contribution < -0.4 is 15.3 Å². The predicted molar refractivity (Wildman–Crippen MR) is 126 cm³/mol. The molecule has 0 bridgehead atoms. The number of methoxy groups -OCH3 is 1. The van der Waals surface area contributed by atoms with E-state index in [0.29, 0.717) is 17.6 Å². The van der Waals surface area contributed by atoms with Crippen LogP contribution in [0.3, 0.4) is 0 Å². The summed E-state index contributed by atoms with van der Waals surface area (Å²) in [6.45, 7) is 1.39. The van der Waals surface area contributed by atoms with Gasteiger partial charge in [-0.2, -0.15) is 15.1 Å². The molecule has 1 aromatic carbocycles. The zero-order chi connectivity index (χ0) is 25.2. The van der Waals surface area contributed by atoms with Gasteiger partial charge >= 0.3 is 13.7 Å². The number of nitrogens with two attached hydrogens (primary N) is 1. The van der Waals surface area contributed by atoms with Gasteiger partial charge in [-0.05, 0) is 25.5 Å². The van der Waals surface area contributed by atoms with Crippen LogP contribution in [0.1, 0.15) is 19.4 Å². The third kappa shape index (κ3) is 5.62. The van der Waals surface area contributed by atoms with Crippen molar-refractivity contribution in [2.75, 3.05) is 19.5 Å². The van der Waals surface area contributed by atoms with E-state index in [1.807, 2.05) is 16.7 Å². The molecule has 0 fully saturated rings. The molecule has 0 saturated heterocycles. The molecule has 14 heteroatoms. The number of aromatic nitrogens is 4. The van der Waals surface area contributed by atoms with Gasteiger partial charge in [-0.25, -0.2) is 13.9 Å². The lowest BCUT2D eigenvalue weighted by atomic mass is 10.1. The molecule has 11 nitrogen and oxygen atoms in total. The summed E-state index contributed by atoms with van der Waals surface area (Å²) in [5.74, 6) is -1.84. The Balaban J connectivity index is 1.47. The minimum Gasteiger partial charge on any atom is -0.468 e. The maximum absolute atomic E-state index is 14.1. The van der Waals surface area contributed by atoms with E-state index < -0.39 is 25.6 Å². The molecule has 1 unspecified atom stereocenters. The minimum absolute atomic E-state index is 0.0307. The summed E-state index contributed by atoms with van der Waals surface area (Å²) in [4.78, 5) is 24.2. The number of carbonyl (C=O) groups excluding carboxylic acids is 1. The molecule has 186 valence electrons. The number of rotatable bonds is 9. The van der Waals surface area contributed by atoms with Crippen molar-refractivity contribution in [1.82, 2.24) is 24.6 Å². The van der Waals surface area contributed by atoms with Crippen LogP contribution in [0.2, 0.25) is 5.15 Å². The zero-order valence-electron chi connectivity index (χ0n) is 18.8. The van der Waals surface area contributed by atoms with Crippen molar-refractivity contribution in [3.63, 3.8) is 0 Å². The van der Waals surface area contributed by atoms with Gasteiger partial charge in [0.05, 0.1) is 26.1 Å². The first-order valence-corrected chi connectivity index (χ1v) is 12.5. The third-order valence-electron chi connectivity index (χ3n) is 5.32. The van der Waals surface area contributed by atoms with Crippen LogP contribution >= 0.6 is 19.3 Å². The van der Waals surface area contributed by atoms with Crippen molar-refractivity contribution < 1.29 is 27.5 Å². The second-order valence-electron chi connectivity index (χ2n) is 7.83. The van der Waals surface area contributed by atoms with Crippen molar-refractivity contribution in [1.29, 1.82) is 0 Å². The Kier molecular flexibility index (Phi) is 7.36. The summed E-state index contributed by atoms with van der Waals surface area (Å²) in [6.07, 6.45) is 5.96. The van der Waals surface area contributed by atoms with Gasteiger partial charge in [0.2, 0.25) is 5.95 Å². The number of anilines is 1. The number of ether oxygens (including phenoxy) is 1. The van der Waals surface area contributed by atoms with E-state index in [9.17, 15) is 13.8 Å². The zero-order valence-corrected chi connectivity index (χ0v) is 20.4. The third-order valence-corrected chi connectivity index (χ3v) is 7.22. The van der Waals surface area contributed by atoms with E-state index >= 15 is 0 Å². The summed E-state index contributed by atoms with van der Waals surface area (Å²) >= 11 is 6.11. The van der Waals surface area contributed by atoms with Gasteiger partial charge in [-0.1, -0.05) is 35.9 Å². The molecule has 1 aliphatic carbocycles. The smallest absolute Gasteiger partial charge is 0.459 e. The highest BCUT2D eigenvalue weighted by Gasteiger charge is 2.34. The molecule has 0 radical (unpaired) electrons. The van der Waals surface area contributed by atoms with Gasteiger partial charge < -0.3 is 19.6 Å². The van der Waals surface area contributed by atoms with Crippen molar-refractivity contribution in [2.45, 2.75) is 25.4 Å². The molecule has 3 N–H and O–H groups in total. The second-order valence-corrected chi connectivity index (χ2v) is 9.89. The average molecular weight is 525 g/mol. The quantitative estimate of drug-likeness (QED) is 0.184. The van der Waals surface area contributed by atoms with Crippen LogP contribution in [0.25, 0.3) is 11.2 Å². The molecule has 2 heterocycles. The molecule has 0 amide bonds. The number of fused-ring (bicyclic) bond motifs is 1. The largest absolute Gasteiger partial charge is 0.468 e. The minimum atomic E-state index is -4.17. The lowest BCUT2D eigenvalue weighted by molar-refractivity contribution is -0.142. The molecule has 35 heavy (non-hydrogen) atoms. The average Bonchev–Trinajstić information content (AvgIpc) is 3.45. The molecule has 0 aliphatic heterocycles. The topological polar surface area (TPSA) is 143 Å². The standard InChI is InChI=1S/C21H23ClFN6O5P/c1-12(20(30)32-2)28-35(31,34-16-6-4-3-5-15(16)23)33-10-13-7-8-14(9-13)29-11-25-17-18(22)26-21(24)27-19(17)29/h3-8,11-14H,9-10H2,1-2H3,(H,28,31)(H2,24,26,27)/t12-,13+,14-,35?/m0/s1. The van der Waals surface area contributed by atoms with E-state index in [0.717, 1.165) is 6.07 Å². The number of para-hydroxylation sites is 1. The summed E-state index contributed by atoms with van der Waals surface area (Å²) in [6, 6.07) is 4.28. The first-order chi connectivity index (χ1) is 16.7. The Hall–Kier alpha value is -3.05. The number of esters is 1. The maximum Gasteiger partial charge on any atom is 0.459 e. The molecule has 4 rings (SSSR count). The first-order valence-electron chi connectivity index (χ1n) is 10.6. The van der Waals surface area contributed by atoms with Crippen molar-refractivity contribution >= 4 is 42.4 Å². The highest BCUT2D eigenvalue weighted by Crippen LogP contribution is 2.47. The number of carbonyl (C=O) groups is 1. The number of halogens is 2. The molecular formula is C21H23ClFN6O5P. The molecule has 0 saturated carbocycles. The first kappa shape index (κ1) is 25.1. The number of nitrogens with zero attached hydrogens (tertiary/aromatic N) is 4. The van der Waals surface area contributed by atoms with Crippen molar-refractivity contribution in [2.24, 2.45) is 5.92 Å². The SMILES string of the molecule is COC(=O)[C@H](C)NP(=O)(OC[C@@H]1C=C[C@H](n2cnc3c(Cl)nc(N)nc32)C1)Oc1ccccc1F. The lowest BCUT2D eigenvalue weighted by Gasteiger charge is -2.24. The van der Waals surface area contributed by atoms with Gasteiger partial charge in [0, 0.05) is 5.92 Å². The molecule has 0 spiro atoms. The fourth-order valence-electron chi connectivity index (χ4n) is 3.62. The second kappa shape index (κ2) is 10.3. The van der Waals surface area contributed by atoms with Crippen molar-refractivity contribution in [3.05, 3.63) is 53.7 Å². The number of benzene rings is 1. The molecule has 4 atom stereocenters. The molecular weight excluding hydrogens is 502 g/mol. The van der Waals surface area contributed by atoms with E-state index in [4.69, 9.17) is 26.4 Å². The number of hydrogen-bond acceptors (Lipinski definition) is 9. The number of nitrogen functional groups attached to an aromatic ring is 1. The van der Waals surface area contributed by atoms with E-state index in [-0.39, 0.29) is 35.4 Å². The summed E-state index contributed by atoms with van der Waals surface area (Å²) in [5, 5.41) is 2.66. The van der Waals surface area contributed by atoms with Crippen molar-refractivity contribution in [3.8, 4) is 5.75 Å². The fourth-order valence-corrected chi connectivity index (χ4v) is 5.40. The fraction of sp³-hybridized carbons (Fsp3) is 0.333. The van der Waals surface area contributed by atoms with Gasteiger partial charge in [0.1, 0.15) is 11.6 Å². The Morgan fingerprint density at radius 1 is 1.37 bits per heavy atom. The van der Waals surface area contributed by atoms with E-state index in [2.05, 4.69) is 24.8 Å². The van der Waals surface area contributed by atoms with Gasteiger partial charge in [0.15, 0.2) is 22.4 Å². The highest BCUT2D eigenvalue weighted by atomic mass is 35.5. The van der Waals surface area contributed by atoms with E-state index in [1.54, 1.807) is 6.33 Å². The summed E-state index contributed by atoms with van der Waals surface area (Å²) < 4.78 is 45.1. The monoisotopic (exact) mass is 524 g/mol.